The molecule has 0 N–H and O–H groups in total. The standard InChI is InChI=1S/C10H7N3O2/c11-13-12-6-8(14)10-5-7-3-1-2-4-9(7)15-10/h1-5H,6H2. The lowest BCUT2D eigenvalue weighted by molar-refractivity contribution is 0.0977. The molecule has 0 radical (unpaired) electrons. The van der Waals surface area contributed by atoms with Crippen LogP contribution in [0.4, 0.5) is 0 Å². The average Bonchev–Trinajstić information content (AvgIpc) is 2.69. The van der Waals surface area contributed by atoms with E-state index in [4.69, 9.17) is 9.95 Å². The second-order valence-electron chi connectivity index (χ2n) is 2.96. The van der Waals surface area contributed by atoms with E-state index in [0.717, 1.165) is 5.39 Å². The molecule has 1 aromatic carbocycles. The Morgan fingerprint density at radius 3 is 3.00 bits per heavy atom. The van der Waals surface area contributed by atoms with E-state index in [1.54, 1.807) is 12.1 Å². The van der Waals surface area contributed by atoms with E-state index in [2.05, 4.69) is 10.0 Å². The summed E-state index contributed by atoms with van der Waals surface area (Å²) in [6.07, 6.45) is 0. The molecule has 1 aromatic heterocycles. The van der Waals surface area contributed by atoms with Gasteiger partial charge in [-0.3, -0.25) is 4.79 Å². The minimum absolute atomic E-state index is 0.212. The molecular formula is C10H7N3O2. The number of benzene rings is 1. The molecule has 0 unspecified atom stereocenters. The molecule has 0 atom stereocenters. The van der Waals surface area contributed by atoms with Crippen LogP contribution in [0, 0.1) is 0 Å². The van der Waals surface area contributed by atoms with Gasteiger partial charge in [0, 0.05) is 10.3 Å². The number of furan rings is 1. The van der Waals surface area contributed by atoms with Gasteiger partial charge in [0.2, 0.25) is 5.78 Å². The van der Waals surface area contributed by atoms with Gasteiger partial charge in [-0.1, -0.05) is 23.3 Å². The van der Waals surface area contributed by atoms with Crippen LogP contribution in [0.3, 0.4) is 0 Å². The van der Waals surface area contributed by atoms with Gasteiger partial charge in [-0.05, 0) is 17.7 Å². The molecule has 0 saturated heterocycles. The lowest BCUT2D eigenvalue weighted by atomic mass is 10.2. The molecule has 0 aliphatic heterocycles. The number of carbonyl (C=O) groups is 1. The molecular weight excluding hydrogens is 194 g/mol. The maximum absolute atomic E-state index is 11.4. The number of hydrogen-bond donors (Lipinski definition) is 0. The van der Waals surface area contributed by atoms with E-state index >= 15 is 0 Å². The fourth-order valence-electron chi connectivity index (χ4n) is 1.29. The van der Waals surface area contributed by atoms with E-state index in [1.807, 2.05) is 18.2 Å². The molecule has 0 aliphatic carbocycles. The predicted molar refractivity (Wildman–Crippen MR) is 54.6 cm³/mol. The molecule has 0 bridgehead atoms. The van der Waals surface area contributed by atoms with Crippen molar-refractivity contribution < 1.29 is 9.21 Å². The second-order valence-corrected chi connectivity index (χ2v) is 2.96. The van der Waals surface area contributed by atoms with Gasteiger partial charge in [-0.25, -0.2) is 0 Å². The van der Waals surface area contributed by atoms with Crippen molar-refractivity contribution in [2.75, 3.05) is 6.54 Å². The Morgan fingerprint density at radius 1 is 1.47 bits per heavy atom. The molecule has 74 valence electrons. The Labute approximate surface area is 84.9 Å². The number of para-hydroxylation sites is 1. The molecule has 5 nitrogen and oxygen atoms in total. The van der Waals surface area contributed by atoms with E-state index in [1.165, 1.54) is 0 Å². The van der Waals surface area contributed by atoms with Crippen LogP contribution in [0.1, 0.15) is 10.6 Å². The number of Topliss-reactive ketones (excluding diaryl/α,β-unsaturated/α-hetero) is 1. The van der Waals surface area contributed by atoms with Crippen molar-refractivity contribution in [3.05, 3.63) is 46.5 Å². The zero-order valence-electron chi connectivity index (χ0n) is 7.75. The van der Waals surface area contributed by atoms with Crippen LogP contribution in [-0.2, 0) is 0 Å². The minimum Gasteiger partial charge on any atom is -0.453 e. The summed E-state index contributed by atoms with van der Waals surface area (Å²) in [6.45, 7) is -0.212. The van der Waals surface area contributed by atoms with Gasteiger partial charge in [0.1, 0.15) is 5.58 Å². The lowest BCUT2D eigenvalue weighted by Crippen LogP contribution is -1.99. The fraction of sp³-hybridized carbons (Fsp3) is 0.100. The predicted octanol–water partition coefficient (Wildman–Crippen LogP) is 2.93. The first kappa shape index (κ1) is 9.30. The van der Waals surface area contributed by atoms with Gasteiger partial charge >= 0.3 is 0 Å². The van der Waals surface area contributed by atoms with Crippen molar-refractivity contribution >= 4 is 16.8 Å². The van der Waals surface area contributed by atoms with Crippen LogP contribution < -0.4 is 0 Å². The molecule has 0 amide bonds. The number of rotatable bonds is 3. The largest absolute Gasteiger partial charge is 0.453 e. The van der Waals surface area contributed by atoms with Gasteiger partial charge in [-0.15, -0.1) is 0 Å². The monoisotopic (exact) mass is 201 g/mol. The van der Waals surface area contributed by atoms with Crippen LogP contribution in [0.15, 0.2) is 39.9 Å². The first-order valence-electron chi connectivity index (χ1n) is 4.34. The highest BCUT2D eigenvalue weighted by atomic mass is 16.3. The lowest BCUT2D eigenvalue weighted by Gasteiger charge is -1.88. The Hall–Kier alpha value is -2.26. The Bertz CT molecular complexity index is 520. The van der Waals surface area contributed by atoms with Crippen molar-refractivity contribution in [2.24, 2.45) is 5.11 Å². The van der Waals surface area contributed by atoms with Crippen molar-refractivity contribution in [1.82, 2.24) is 0 Å². The van der Waals surface area contributed by atoms with Gasteiger partial charge in [0.25, 0.3) is 0 Å². The number of hydrogen-bond acceptors (Lipinski definition) is 3. The smallest absolute Gasteiger partial charge is 0.203 e. The Morgan fingerprint density at radius 2 is 2.27 bits per heavy atom. The highest BCUT2D eigenvalue weighted by molar-refractivity contribution is 5.98. The van der Waals surface area contributed by atoms with Crippen LogP contribution >= 0.6 is 0 Å². The number of ketones is 1. The number of carbonyl (C=O) groups excluding carboxylic acids is 1. The molecule has 5 heteroatoms. The van der Waals surface area contributed by atoms with Gasteiger partial charge in [-0.2, -0.15) is 0 Å². The molecule has 1 heterocycles. The molecule has 0 spiro atoms. The van der Waals surface area contributed by atoms with E-state index < -0.39 is 0 Å². The van der Waals surface area contributed by atoms with Crippen LogP contribution in [-0.4, -0.2) is 12.3 Å². The number of fused-ring (bicyclic) bond motifs is 1. The fourth-order valence-corrected chi connectivity index (χ4v) is 1.29. The third kappa shape index (κ3) is 1.82. The van der Waals surface area contributed by atoms with E-state index in [-0.39, 0.29) is 18.1 Å². The first-order valence-corrected chi connectivity index (χ1v) is 4.34. The zero-order valence-corrected chi connectivity index (χ0v) is 7.75. The van der Waals surface area contributed by atoms with E-state index in [0.29, 0.717) is 5.58 Å². The van der Waals surface area contributed by atoms with Gasteiger partial charge in [0.05, 0.1) is 6.54 Å². The summed E-state index contributed by atoms with van der Waals surface area (Å²) in [7, 11) is 0. The highest BCUT2D eigenvalue weighted by Gasteiger charge is 2.10. The maximum atomic E-state index is 11.4. The highest BCUT2D eigenvalue weighted by Crippen LogP contribution is 2.18. The van der Waals surface area contributed by atoms with Crippen molar-refractivity contribution in [2.45, 2.75) is 0 Å². The van der Waals surface area contributed by atoms with Crippen LogP contribution in [0.2, 0.25) is 0 Å². The van der Waals surface area contributed by atoms with Gasteiger partial charge < -0.3 is 4.42 Å². The minimum atomic E-state index is -0.316. The molecule has 15 heavy (non-hydrogen) atoms. The third-order valence-electron chi connectivity index (χ3n) is 1.98. The molecule has 0 aliphatic rings. The SMILES string of the molecule is [N-]=[N+]=NCC(=O)c1cc2ccccc2o1. The molecule has 0 saturated carbocycles. The first-order chi connectivity index (χ1) is 7.31. The summed E-state index contributed by atoms with van der Waals surface area (Å²) in [5, 5.41) is 4.05. The Kier molecular flexibility index (Phi) is 2.39. The summed E-state index contributed by atoms with van der Waals surface area (Å²) < 4.78 is 5.29. The third-order valence-corrected chi connectivity index (χ3v) is 1.98. The number of nitrogens with zero attached hydrogens (tertiary/aromatic N) is 3. The topological polar surface area (TPSA) is 79.0 Å². The van der Waals surface area contributed by atoms with Crippen molar-refractivity contribution in [3.8, 4) is 0 Å². The maximum Gasteiger partial charge on any atom is 0.203 e. The summed E-state index contributed by atoms with van der Waals surface area (Å²) in [4.78, 5) is 13.9. The van der Waals surface area contributed by atoms with Crippen molar-refractivity contribution in [1.29, 1.82) is 0 Å². The summed E-state index contributed by atoms with van der Waals surface area (Å²) in [5.74, 6) is -0.0902. The summed E-state index contributed by atoms with van der Waals surface area (Å²) in [5.41, 5.74) is 8.73. The van der Waals surface area contributed by atoms with Crippen LogP contribution in [0.25, 0.3) is 21.4 Å². The molecule has 2 rings (SSSR count). The second kappa shape index (κ2) is 3.86. The number of azide groups is 1. The summed E-state index contributed by atoms with van der Waals surface area (Å²) >= 11 is 0. The normalized spacial score (nSPS) is 9.87. The molecule has 2 aromatic rings. The quantitative estimate of drug-likeness (QED) is 0.331. The molecule has 0 fully saturated rings. The zero-order chi connectivity index (χ0) is 10.7. The average molecular weight is 201 g/mol. The van der Waals surface area contributed by atoms with E-state index in [9.17, 15) is 4.79 Å². The van der Waals surface area contributed by atoms with Crippen molar-refractivity contribution in [3.63, 3.8) is 0 Å². The Balaban J connectivity index is 2.36. The van der Waals surface area contributed by atoms with Crippen LogP contribution in [0.5, 0.6) is 0 Å². The van der Waals surface area contributed by atoms with Gasteiger partial charge in [0.15, 0.2) is 5.76 Å². The summed E-state index contributed by atoms with van der Waals surface area (Å²) in [6, 6.07) is 8.96.